The summed E-state index contributed by atoms with van der Waals surface area (Å²) >= 11 is 0. The van der Waals surface area contributed by atoms with Crippen LogP contribution in [0.25, 0.3) is 11.1 Å². The number of H-pyrrole nitrogens is 1. The molecule has 1 fully saturated rings. The monoisotopic (exact) mass is 661 g/mol. The van der Waals surface area contributed by atoms with E-state index in [9.17, 15) is 9.59 Å². The van der Waals surface area contributed by atoms with Crippen LogP contribution in [0.3, 0.4) is 0 Å². The van der Waals surface area contributed by atoms with Crippen molar-refractivity contribution < 1.29 is 38.0 Å². The molecule has 4 atom stereocenters. The molecule has 6 rings (SSSR count). The van der Waals surface area contributed by atoms with Crippen LogP contribution in [0.4, 0.5) is 0 Å². The lowest BCUT2D eigenvalue weighted by Gasteiger charge is -2.26. The van der Waals surface area contributed by atoms with Gasteiger partial charge in [0.1, 0.15) is 35.8 Å². The number of hydrogen-bond acceptors (Lipinski definition) is 8. The summed E-state index contributed by atoms with van der Waals surface area (Å²) in [7, 11) is 2.58. The standard InChI is InChI=1S/C40H39NO8/c1-44-39(42)34-32(30-21-13-6-14-22-30)33(35(41-34)40(43)45-2)37-38(48-25-29-19-11-5-12-20-29)36(47-24-28-17-9-4-10-18-28)31(49-37)26-46-23-27-15-7-3-8-16-27/h3-22,31,36-38,41H,23-26H2,1-2H3/t31-,36-,37-,38-/m1/s1. The number of aromatic nitrogens is 1. The average molecular weight is 662 g/mol. The van der Waals surface area contributed by atoms with E-state index in [2.05, 4.69) is 4.98 Å². The summed E-state index contributed by atoms with van der Waals surface area (Å²) in [6, 6.07) is 38.8. The molecule has 0 spiro atoms. The average Bonchev–Trinajstić information content (AvgIpc) is 3.72. The summed E-state index contributed by atoms with van der Waals surface area (Å²) in [6.45, 7) is 1.08. The third kappa shape index (κ3) is 7.98. The molecule has 1 aliphatic rings. The van der Waals surface area contributed by atoms with Gasteiger partial charge in [-0.3, -0.25) is 0 Å². The van der Waals surface area contributed by atoms with Gasteiger partial charge in [0.15, 0.2) is 0 Å². The minimum atomic E-state index is -0.881. The maximum Gasteiger partial charge on any atom is 0.355 e. The lowest BCUT2D eigenvalue weighted by atomic mass is 9.92. The Morgan fingerprint density at radius 2 is 1.08 bits per heavy atom. The van der Waals surface area contributed by atoms with E-state index in [1.54, 1.807) is 0 Å². The fourth-order valence-electron chi connectivity index (χ4n) is 6.10. The Labute approximate surface area is 285 Å². The molecule has 0 bridgehead atoms. The Morgan fingerprint density at radius 3 is 1.61 bits per heavy atom. The highest BCUT2D eigenvalue weighted by Gasteiger charge is 2.50. The number of rotatable bonds is 14. The second-order valence-electron chi connectivity index (χ2n) is 11.6. The van der Waals surface area contributed by atoms with Crippen LogP contribution in [0, 0.1) is 0 Å². The van der Waals surface area contributed by atoms with Gasteiger partial charge in [0.05, 0.1) is 40.6 Å². The largest absolute Gasteiger partial charge is 0.464 e. The SMILES string of the molecule is COC(=O)c1[nH]c(C(=O)OC)c([C@H]2O[C@H](COCc3ccccc3)[C@@H](OCc3ccccc3)[C@H]2OCc2ccccc2)c1-c1ccccc1. The summed E-state index contributed by atoms with van der Waals surface area (Å²) in [4.78, 5) is 29.7. The molecule has 1 N–H and O–H groups in total. The molecule has 252 valence electrons. The van der Waals surface area contributed by atoms with Crippen molar-refractivity contribution in [1.29, 1.82) is 0 Å². The van der Waals surface area contributed by atoms with E-state index in [1.165, 1.54) is 14.2 Å². The van der Waals surface area contributed by atoms with Gasteiger partial charge in [0, 0.05) is 11.1 Å². The molecule has 9 heteroatoms. The van der Waals surface area contributed by atoms with Crippen molar-refractivity contribution in [3.63, 3.8) is 0 Å². The van der Waals surface area contributed by atoms with Crippen LogP contribution in [-0.4, -0.2) is 56.1 Å². The molecule has 0 amide bonds. The second kappa shape index (κ2) is 16.4. The predicted octanol–water partition coefficient (Wildman–Crippen LogP) is 7.08. The van der Waals surface area contributed by atoms with E-state index < -0.39 is 36.4 Å². The van der Waals surface area contributed by atoms with Gasteiger partial charge < -0.3 is 33.4 Å². The first-order valence-electron chi connectivity index (χ1n) is 16.1. The van der Waals surface area contributed by atoms with E-state index in [0.717, 1.165) is 16.7 Å². The number of benzene rings is 4. The zero-order valence-electron chi connectivity index (χ0n) is 27.5. The summed E-state index contributed by atoms with van der Waals surface area (Å²) in [5.41, 5.74) is 4.66. The molecular weight excluding hydrogens is 622 g/mol. The Hall–Kier alpha value is -5.06. The number of hydrogen-bond donors (Lipinski definition) is 1. The number of aromatic amines is 1. The van der Waals surface area contributed by atoms with Crippen molar-refractivity contribution in [2.75, 3.05) is 20.8 Å². The van der Waals surface area contributed by atoms with Gasteiger partial charge >= 0.3 is 11.9 Å². The van der Waals surface area contributed by atoms with Crippen LogP contribution in [0.2, 0.25) is 0 Å². The van der Waals surface area contributed by atoms with E-state index in [4.69, 9.17) is 28.4 Å². The molecule has 49 heavy (non-hydrogen) atoms. The van der Waals surface area contributed by atoms with Crippen molar-refractivity contribution in [2.24, 2.45) is 0 Å². The van der Waals surface area contributed by atoms with Crippen molar-refractivity contribution in [1.82, 2.24) is 4.98 Å². The van der Waals surface area contributed by atoms with Gasteiger partial charge in [0.2, 0.25) is 0 Å². The quantitative estimate of drug-likeness (QED) is 0.126. The molecule has 9 nitrogen and oxygen atoms in total. The first kappa shape index (κ1) is 33.8. The number of ether oxygens (including phenoxy) is 6. The molecule has 2 heterocycles. The van der Waals surface area contributed by atoms with Gasteiger partial charge in [0.25, 0.3) is 0 Å². The van der Waals surface area contributed by atoms with Crippen LogP contribution in [-0.2, 0) is 48.2 Å². The molecule has 5 aromatic rings. The summed E-state index contributed by atoms with van der Waals surface area (Å²) in [5.74, 6) is -1.31. The van der Waals surface area contributed by atoms with E-state index in [0.29, 0.717) is 23.3 Å². The molecule has 0 radical (unpaired) electrons. The zero-order chi connectivity index (χ0) is 34.0. The van der Waals surface area contributed by atoms with Gasteiger partial charge in [-0.05, 0) is 22.3 Å². The third-order valence-corrected chi connectivity index (χ3v) is 8.44. The Bertz CT molecular complexity index is 1790. The first-order valence-corrected chi connectivity index (χ1v) is 16.1. The van der Waals surface area contributed by atoms with Crippen LogP contribution in [0.1, 0.15) is 49.3 Å². The normalized spacial score (nSPS) is 18.7. The molecule has 4 aromatic carbocycles. The van der Waals surface area contributed by atoms with E-state index in [-0.39, 0.29) is 31.2 Å². The highest BCUT2D eigenvalue weighted by Crippen LogP contribution is 2.45. The molecular formula is C40H39NO8. The fraction of sp³-hybridized carbons (Fsp3) is 0.250. The number of methoxy groups -OCH3 is 2. The molecule has 0 saturated carbocycles. The molecule has 0 aliphatic carbocycles. The Balaban J connectivity index is 1.45. The maximum absolute atomic E-state index is 13.4. The minimum Gasteiger partial charge on any atom is -0.464 e. The van der Waals surface area contributed by atoms with Gasteiger partial charge in [-0.25, -0.2) is 9.59 Å². The highest BCUT2D eigenvalue weighted by atomic mass is 16.6. The maximum atomic E-state index is 13.4. The van der Waals surface area contributed by atoms with Crippen LogP contribution < -0.4 is 0 Å². The summed E-state index contributed by atoms with van der Waals surface area (Å²) < 4.78 is 36.8. The predicted molar refractivity (Wildman–Crippen MR) is 183 cm³/mol. The lowest BCUT2D eigenvalue weighted by Crippen LogP contribution is -2.38. The van der Waals surface area contributed by atoms with Crippen molar-refractivity contribution in [3.8, 4) is 11.1 Å². The van der Waals surface area contributed by atoms with E-state index in [1.807, 2.05) is 121 Å². The smallest absolute Gasteiger partial charge is 0.355 e. The lowest BCUT2D eigenvalue weighted by molar-refractivity contribution is -0.0898. The summed E-state index contributed by atoms with van der Waals surface area (Å²) in [5, 5.41) is 0. The third-order valence-electron chi connectivity index (χ3n) is 8.44. The van der Waals surface area contributed by atoms with Crippen LogP contribution in [0.15, 0.2) is 121 Å². The number of nitrogens with one attached hydrogen (secondary N) is 1. The Morgan fingerprint density at radius 1 is 0.612 bits per heavy atom. The van der Waals surface area contributed by atoms with Crippen molar-refractivity contribution >= 4 is 11.9 Å². The minimum absolute atomic E-state index is 0.0627. The zero-order valence-corrected chi connectivity index (χ0v) is 27.5. The van der Waals surface area contributed by atoms with Gasteiger partial charge in [-0.2, -0.15) is 0 Å². The molecule has 1 aromatic heterocycles. The molecule has 1 saturated heterocycles. The summed E-state index contributed by atoms with van der Waals surface area (Å²) in [6.07, 6.45) is -2.85. The fourth-order valence-corrected chi connectivity index (χ4v) is 6.10. The molecule has 0 unspecified atom stereocenters. The number of carbonyl (C=O) groups is 2. The van der Waals surface area contributed by atoms with Crippen LogP contribution >= 0.6 is 0 Å². The van der Waals surface area contributed by atoms with Crippen molar-refractivity contribution in [2.45, 2.75) is 44.2 Å². The van der Waals surface area contributed by atoms with E-state index >= 15 is 0 Å². The first-order chi connectivity index (χ1) is 24.1. The molecule has 1 aliphatic heterocycles. The van der Waals surface area contributed by atoms with Gasteiger partial charge in [-0.15, -0.1) is 0 Å². The second-order valence-corrected chi connectivity index (χ2v) is 11.6. The van der Waals surface area contributed by atoms with Gasteiger partial charge in [-0.1, -0.05) is 121 Å². The van der Waals surface area contributed by atoms with Crippen molar-refractivity contribution in [3.05, 3.63) is 155 Å². The van der Waals surface area contributed by atoms with Crippen LogP contribution in [0.5, 0.6) is 0 Å². The topological polar surface area (TPSA) is 105 Å². The highest BCUT2D eigenvalue weighted by molar-refractivity contribution is 6.02. The number of carbonyl (C=O) groups excluding carboxylic acids is 2. The number of esters is 2. The Kier molecular flexibility index (Phi) is 11.3.